The van der Waals surface area contributed by atoms with E-state index < -0.39 is 22.8 Å². The molecule has 0 aliphatic heterocycles. The molecule has 0 fully saturated rings. The number of nitro groups is 1. The normalized spacial score (nSPS) is 13.1. The van der Waals surface area contributed by atoms with E-state index in [1.54, 1.807) is 0 Å². The SMILES string of the molecule is O=[N+]([O-])c1cnn(C[C@@H](O)c2ccc(C(F)(F)F)cc2)c1. The first-order chi connectivity index (χ1) is 9.77. The van der Waals surface area contributed by atoms with Gasteiger partial charge in [-0.3, -0.25) is 14.8 Å². The van der Waals surface area contributed by atoms with E-state index in [1.165, 1.54) is 0 Å². The van der Waals surface area contributed by atoms with Gasteiger partial charge < -0.3 is 5.11 Å². The maximum atomic E-state index is 12.4. The van der Waals surface area contributed by atoms with Crippen LogP contribution in [0.1, 0.15) is 17.2 Å². The minimum atomic E-state index is -4.44. The molecule has 0 aliphatic rings. The molecule has 0 unspecified atom stereocenters. The Balaban J connectivity index is 2.09. The molecule has 21 heavy (non-hydrogen) atoms. The van der Waals surface area contributed by atoms with Gasteiger partial charge in [0.2, 0.25) is 0 Å². The third-order valence-corrected chi connectivity index (χ3v) is 2.81. The minimum absolute atomic E-state index is 0.0980. The molecular weight excluding hydrogens is 291 g/mol. The minimum Gasteiger partial charge on any atom is -0.386 e. The molecule has 0 radical (unpaired) electrons. The van der Waals surface area contributed by atoms with E-state index in [-0.39, 0.29) is 17.8 Å². The van der Waals surface area contributed by atoms with Crippen molar-refractivity contribution in [3.05, 3.63) is 57.9 Å². The topological polar surface area (TPSA) is 81.2 Å². The van der Waals surface area contributed by atoms with Gasteiger partial charge in [-0.2, -0.15) is 18.3 Å². The van der Waals surface area contributed by atoms with Gasteiger partial charge in [-0.15, -0.1) is 0 Å². The molecule has 1 aromatic carbocycles. The molecule has 9 heteroatoms. The largest absolute Gasteiger partial charge is 0.416 e. The average molecular weight is 301 g/mol. The van der Waals surface area contributed by atoms with Crippen molar-refractivity contribution in [1.82, 2.24) is 9.78 Å². The Labute approximate surface area is 116 Å². The van der Waals surface area contributed by atoms with E-state index >= 15 is 0 Å². The second-order valence-corrected chi connectivity index (χ2v) is 4.31. The maximum absolute atomic E-state index is 12.4. The van der Waals surface area contributed by atoms with Gasteiger partial charge in [-0.25, -0.2) is 0 Å². The lowest BCUT2D eigenvalue weighted by molar-refractivity contribution is -0.385. The predicted octanol–water partition coefficient (Wildman–Crippen LogP) is 2.54. The van der Waals surface area contributed by atoms with Gasteiger partial charge in [0.25, 0.3) is 0 Å². The highest BCUT2D eigenvalue weighted by Gasteiger charge is 2.30. The van der Waals surface area contributed by atoms with Crippen LogP contribution in [0, 0.1) is 10.1 Å². The number of alkyl halides is 3. The van der Waals surface area contributed by atoms with Gasteiger partial charge in [-0.1, -0.05) is 12.1 Å². The molecule has 2 aromatic rings. The Morgan fingerprint density at radius 1 is 1.33 bits per heavy atom. The van der Waals surface area contributed by atoms with Crippen LogP contribution in [0.4, 0.5) is 18.9 Å². The molecule has 6 nitrogen and oxygen atoms in total. The molecule has 0 amide bonds. The summed E-state index contributed by atoms with van der Waals surface area (Å²) in [5.41, 5.74) is -0.774. The van der Waals surface area contributed by atoms with E-state index in [4.69, 9.17) is 0 Å². The molecular formula is C12H10F3N3O3. The molecule has 112 valence electrons. The van der Waals surface area contributed by atoms with Crippen LogP contribution in [0.25, 0.3) is 0 Å². The van der Waals surface area contributed by atoms with Crippen molar-refractivity contribution in [3.8, 4) is 0 Å². The number of hydrogen-bond acceptors (Lipinski definition) is 4. The molecule has 1 atom stereocenters. The zero-order valence-corrected chi connectivity index (χ0v) is 10.5. The number of hydrogen-bond donors (Lipinski definition) is 1. The number of nitrogens with zero attached hydrogens (tertiary/aromatic N) is 3. The quantitative estimate of drug-likeness (QED) is 0.695. The maximum Gasteiger partial charge on any atom is 0.416 e. The van der Waals surface area contributed by atoms with Gasteiger partial charge in [-0.05, 0) is 17.7 Å². The van der Waals surface area contributed by atoms with Crippen LogP contribution in [-0.2, 0) is 12.7 Å². The second kappa shape index (κ2) is 5.52. The molecule has 1 heterocycles. The fourth-order valence-electron chi connectivity index (χ4n) is 1.72. The molecule has 1 N–H and O–H groups in total. The van der Waals surface area contributed by atoms with Crippen LogP contribution < -0.4 is 0 Å². The van der Waals surface area contributed by atoms with E-state index in [1.807, 2.05) is 0 Å². The molecule has 0 spiro atoms. The first kappa shape index (κ1) is 15.0. The van der Waals surface area contributed by atoms with E-state index in [0.717, 1.165) is 41.3 Å². The first-order valence-electron chi connectivity index (χ1n) is 5.79. The molecule has 0 aliphatic carbocycles. The van der Waals surface area contributed by atoms with Gasteiger partial charge in [0.05, 0.1) is 23.1 Å². The highest BCUT2D eigenvalue weighted by Crippen LogP contribution is 2.30. The fraction of sp³-hybridized carbons (Fsp3) is 0.250. The van der Waals surface area contributed by atoms with E-state index in [0.29, 0.717) is 0 Å². The monoisotopic (exact) mass is 301 g/mol. The number of aromatic nitrogens is 2. The number of aliphatic hydroxyl groups excluding tert-OH is 1. The van der Waals surface area contributed by atoms with Gasteiger partial charge >= 0.3 is 11.9 Å². The van der Waals surface area contributed by atoms with E-state index in [2.05, 4.69) is 5.10 Å². The summed E-state index contributed by atoms with van der Waals surface area (Å²) >= 11 is 0. The summed E-state index contributed by atoms with van der Waals surface area (Å²) in [5.74, 6) is 0. The third kappa shape index (κ3) is 3.57. The van der Waals surface area contributed by atoms with Crippen molar-refractivity contribution in [2.45, 2.75) is 18.8 Å². The molecule has 0 bridgehead atoms. The summed E-state index contributed by atoms with van der Waals surface area (Å²) in [6.07, 6.45) is -3.40. The lowest BCUT2D eigenvalue weighted by Crippen LogP contribution is -2.10. The summed E-state index contributed by atoms with van der Waals surface area (Å²) in [4.78, 5) is 9.85. The Morgan fingerprint density at radius 2 is 1.95 bits per heavy atom. The van der Waals surface area contributed by atoms with E-state index in [9.17, 15) is 28.4 Å². The summed E-state index contributed by atoms with van der Waals surface area (Å²) in [7, 11) is 0. The Hall–Kier alpha value is -2.42. The first-order valence-corrected chi connectivity index (χ1v) is 5.79. The molecule has 0 saturated heterocycles. The summed E-state index contributed by atoms with van der Waals surface area (Å²) in [6.45, 7) is -0.0980. The molecule has 2 rings (SSSR count). The number of aliphatic hydroxyl groups is 1. The lowest BCUT2D eigenvalue weighted by Gasteiger charge is -2.12. The van der Waals surface area contributed by atoms with Crippen molar-refractivity contribution >= 4 is 5.69 Å². The van der Waals surface area contributed by atoms with Crippen molar-refractivity contribution in [1.29, 1.82) is 0 Å². The predicted molar refractivity (Wildman–Crippen MR) is 65.3 cm³/mol. The van der Waals surface area contributed by atoms with Crippen molar-refractivity contribution in [3.63, 3.8) is 0 Å². The van der Waals surface area contributed by atoms with Gasteiger partial charge in [0.15, 0.2) is 0 Å². The smallest absolute Gasteiger partial charge is 0.386 e. The zero-order chi connectivity index (χ0) is 15.6. The van der Waals surface area contributed by atoms with Crippen LogP contribution in [-0.4, -0.2) is 19.8 Å². The molecule has 0 saturated carbocycles. The highest BCUT2D eigenvalue weighted by atomic mass is 19.4. The Bertz CT molecular complexity index is 637. The average Bonchev–Trinajstić information content (AvgIpc) is 2.86. The number of halogens is 3. The Morgan fingerprint density at radius 3 is 2.43 bits per heavy atom. The van der Waals surface area contributed by atoms with Crippen LogP contribution >= 0.6 is 0 Å². The lowest BCUT2D eigenvalue weighted by atomic mass is 10.1. The van der Waals surface area contributed by atoms with Crippen LogP contribution in [0.5, 0.6) is 0 Å². The van der Waals surface area contributed by atoms with Crippen LogP contribution in [0.2, 0.25) is 0 Å². The van der Waals surface area contributed by atoms with Crippen LogP contribution in [0.15, 0.2) is 36.7 Å². The Kier molecular flexibility index (Phi) is 3.94. The second-order valence-electron chi connectivity index (χ2n) is 4.31. The van der Waals surface area contributed by atoms with Crippen molar-refractivity contribution in [2.75, 3.05) is 0 Å². The summed E-state index contributed by atoms with van der Waals surface area (Å²) in [5, 5.41) is 24.1. The summed E-state index contributed by atoms with van der Waals surface area (Å²) < 4.78 is 38.4. The number of benzene rings is 1. The molecule has 1 aromatic heterocycles. The third-order valence-electron chi connectivity index (χ3n) is 2.81. The number of rotatable bonds is 4. The van der Waals surface area contributed by atoms with Crippen LogP contribution in [0.3, 0.4) is 0 Å². The highest BCUT2D eigenvalue weighted by molar-refractivity contribution is 5.26. The summed E-state index contributed by atoms with van der Waals surface area (Å²) in [6, 6.07) is 4.05. The fourth-order valence-corrected chi connectivity index (χ4v) is 1.72. The van der Waals surface area contributed by atoms with Gasteiger partial charge in [0.1, 0.15) is 12.4 Å². The van der Waals surface area contributed by atoms with Gasteiger partial charge in [0, 0.05) is 0 Å². The van der Waals surface area contributed by atoms with Crippen molar-refractivity contribution < 1.29 is 23.2 Å². The zero-order valence-electron chi connectivity index (χ0n) is 10.5. The van der Waals surface area contributed by atoms with Crippen molar-refractivity contribution in [2.24, 2.45) is 0 Å². The standard InChI is InChI=1S/C12H10F3N3O3/c13-12(14,15)9-3-1-8(2-4-9)11(19)7-17-6-10(5-16-17)18(20)21/h1-6,11,19H,7H2/t11-/m1/s1.